The van der Waals surface area contributed by atoms with Crippen LogP contribution in [0.3, 0.4) is 0 Å². The molecule has 1 N–H and O–H groups in total. The predicted molar refractivity (Wildman–Crippen MR) is 68.3 cm³/mol. The topological polar surface area (TPSA) is 127 Å². The Balaban J connectivity index is 3.26. The zero-order valence-corrected chi connectivity index (χ0v) is 12.6. The molecule has 1 saturated heterocycles. The lowest BCUT2D eigenvalue weighted by atomic mass is 10.1. The van der Waals surface area contributed by atoms with Crippen molar-refractivity contribution in [3.8, 4) is 0 Å². The van der Waals surface area contributed by atoms with E-state index in [1.54, 1.807) is 0 Å². The molecule has 0 aromatic heterocycles. The molecule has 1 fully saturated rings. The number of carboxylic acid groups (broad SMARTS) is 1. The van der Waals surface area contributed by atoms with Crippen molar-refractivity contribution in [2.24, 2.45) is 0 Å². The number of amides is 1. The van der Waals surface area contributed by atoms with Crippen LogP contribution in [0, 0.1) is 0 Å². The fraction of sp³-hybridized carbons (Fsp3) is 0.500. The summed E-state index contributed by atoms with van der Waals surface area (Å²) in [5.41, 5.74) is -1.72. The van der Waals surface area contributed by atoms with E-state index in [2.05, 4.69) is 8.92 Å². The highest BCUT2D eigenvalue weighted by Gasteiger charge is 2.42. The molecule has 0 saturated carbocycles. The molecule has 11 heteroatoms. The summed E-state index contributed by atoms with van der Waals surface area (Å²) in [4.78, 5) is 34.1. The number of β-lactam (4-membered cyclic amide) rings is 1. The van der Waals surface area contributed by atoms with Crippen molar-refractivity contribution >= 4 is 39.6 Å². The lowest BCUT2D eigenvalue weighted by Gasteiger charge is -2.36. The number of esters is 1. The van der Waals surface area contributed by atoms with Crippen LogP contribution in [0.4, 0.5) is 0 Å². The van der Waals surface area contributed by atoms with Crippen LogP contribution in [-0.4, -0.2) is 54.6 Å². The number of hydrogen-bond acceptors (Lipinski definition) is 7. The fourth-order valence-electron chi connectivity index (χ4n) is 1.48. The normalized spacial score (nSPS) is 19.5. The smallest absolute Gasteiger partial charge is 0.356 e. The van der Waals surface area contributed by atoms with Crippen LogP contribution in [0.5, 0.6) is 0 Å². The highest BCUT2D eigenvalue weighted by atomic mass is 35.5. The van der Waals surface area contributed by atoms with Gasteiger partial charge in [-0.2, -0.15) is 8.42 Å². The minimum Gasteiger partial charge on any atom is -0.476 e. The number of carboxylic acids is 1. The second kappa shape index (κ2) is 6.31. The zero-order valence-electron chi connectivity index (χ0n) is 11.0. The average molecular weight is 342 g/mol. The number of ether oxygens (including phenoxy) is 1. The van der Waals surface area contributed by atoms with Crippen molar-refractivity contribution in [3.63, 3.8) is 0 Å². The Morgan fingerprint density at radius 2 is 2.05 bits per heavy atom. The molecule has 1 rings (SSSR count). The van der Waals surface area contributed by atoms with E-state index in [1.165, 1.54) is 0 Å². The van der Waals surface area contributed by atoms with Gasteiger partial charge < -0.3 is 14.0 Å². The van der Waals surface area contributed by atoms with Crippen molar-refractivity contribution < 1.29 is 36.8 Å². The summed E-state index contributed by atoms with van der Waals surface area (Å²) >= 11 is 5.72. The molecule has 1 unspecified atom stereocenters. The Bertz CT molecular complexity index is 611. The minimum absolute atomic E-state index is 0.0992. The third kappa shape index (κ3) is 4.60. The van der Waals surface area contributed by atoms with Gasteiger partial charge in [0, 0.05) is 6.92 Å². The molecular weight excluding hydrogens is 330 g/mol. The van der Waals surface area contributed by atoms with Crippen LogP contribution in [0.25, 0.3) is 0 Å². The number of rotatable bonds is 6. The lowest BCUT2D eigenvalue weighted by Crippen LogP contribution is -2.51. The minimum atomic E-state index is -4.10. The van der Waals surface area contributed by atoms with Gasteiger partial charge in [0.2, 0.25) is 5.91 Å². The number of carbonyl (C=O) groups excluding carboxylic acids is 2. The van der Waals surface area contributed by atoms with E-state index in [4.69, 9.17) is 16.7 Å². The Morgan fingerprint density at radius 1 is 1.48 bits per heavy atom. The number of likely N-dealkylation sites (tertiary alicyclic amines) is 1. The summed E-state index contributed by atoms with van der Waals surface area (Å²) < 4.78 is 31.4. The molecule has 0 spiro atoms. The van der Waals surface area contributed by atoms with Gasteiger partial charge in [-0.05, 0) is 0 Å². The van der Waals surface area contributed by atoms with E-state index in [-0.39, 0.29) is 6.42 Å². The maximum absolute atomic E-state index is 11.4. The van der Waals surface area contributed by atoms with Crippen LogP contribution in [0.15, 0.2) is 11.5 Å². The Kier molecular flexibility index (Phi) is 5.18. The molecule has 118 valence electrons. The molecule has 0 aliphatic carbocycles. The van der Waals surface area contributed by atoms with Crippen LogP contribution in [0.1, 0.15) is 13.3 Å². The third-order valence-electron chi connectivity index (χ3n) is 2.26. The Morgan fingerprint density at radius 3 is 2.38 bits per heavy atom. The van der Waals surface area contributed by atoms with Crippen LogP contribution >= 0.6 is 11.6 Å². The van der Waals surface area contributed by atoms with Gasteiger partial charge in [-0.3, -0.25) is 14.5 Å². The lowest BCUT2D eigenvalue weighted by molar-refractivity contribution is -0.147. The van der Waals surface area contributed by atoms with Gasteiger partial charge in [0.05, 0.1) is 12.7 Å². The summed E-state index contributed by atoms with van der Waals surface area (Å²) in [6.07, 6.45) is 0.578. The van der Waals surface area contributed by atoms with E-state index in [0.717, 1.165) is 6.92 Å². The van der Waals surface area contributed by atoms with E-state index in [1.807, 2.05) is 0 Å². The first kappa shape index (κ1) is 17.2. The number of hydrogen-bond donors (Lipinski definition) is 1. The molecule has 9 nitrogen and oxygen atoms in total. The van der Waals surface area contributed by atoms with Gasteiger partial charge in [-0.1, -0.05) is 11.6 Å². The number of halogens is 1. The largest absolute Gasteiger partial charge is 0.476 e. The number of alkyl halides is 1. The molecule has 1 heterocycles. The predicted octanol–water partition coefficient (Wildman–Crippen LogP) is -0.381. The van der Waals surface area contributed by atoms with Crippen molar-refractivity contribution in [2.45, 2.75) is 18.8 Å². The molecule has 0 bridgehead atoms. The maximum atomic E-state index is 11.4. The summed E-state index contributed by atoms with van der Waals surface area (Å²) in [7, 11) is -4.10. The second-order valence-electron chi connectivity index (χ2n) is 4.05. The van der Waals surface area contributed by atoms with Crippen molar-refractivity contribution in [3.05, 3.63) is 11.5 Å². The van der Waals surface area contributed by atoms with E-state index in [9.17, 15) is 22.8 Å². The third-order valence-corrected chi connectivity index (χ3v) is 3.11. The van der Waals surface area contributed by atoms with Gasteiger partial charge in [0.25, 0.3) is 0 Å². The van der Waals surface area contributed by atoms with Crippen LogP contribution < -0.4 is 0 Å². The SMILES string of the molecule is CC(=O)OCC(OS(C)(=O)=O)=C(C(=O)O)N1C(=O)CC1Cl. The zero-order chi connectivity index (χ0) is 16.4. The highest BCUT2D eigenvalue weighted by Crippen LogP contribution is 2.30. The molecule has 1 aliphatic rings. The molecule has 0 aromatic rings. The van der Waals surface area contributed by atoms with Crippen molar-refractivity contribution in [2.75, 3.05) is 12.9 Å². The van der Waals surface area contributed by atoms with Crippen LogP contribution in [0.2, 0.25) is 0 Å². The van der Waals surface area contributed by atoms with E-state index in [0.29, 0.717) is 11.2 Å². The van der Waals surface area contributed by atoms with E-state index < -0.39 is 51.5 Å². The standard InChI is InChI=1S/C10H12ClNO8S/c1-5(13)19-4-6(20-21(2,17)18)9(10(15)16)12-7(11)3-8(12)14/h7H,3-4H2,1-2H3,(H,15,16). The first-order valence-corrected chi connectivity index (χ1v) is 7.73. The summed E-state index contributed by atoms with van der Waals surface area (Å²) in [5.74, 6) is -3.75. The van der Waals surface area contributed by atoms with Gasteiger partial charge in [0.1, 0.15) is 5.50 Å². The summed E-state index contributed by atoms with van der Waals surface area (Å²) in [6.45, 7) is 0.273. The number of nitrogens with zero attached hydrogens (tertiary/aromatic N) is 1. The summed E-state index contributed by atoms with van der Waals surface area (Å²) in [6, 6.07) is 0. The first-order valence-electron chi connectivity index (χ1n) is 5.48. The van der Waals surface area contributed by atoms with Crippen molar-refractivity contribution in [1.82, 2.24) is 4.90 Å². The quantitative estimate of drug-likeness (QED) is 0.132. The fourth-order valence-corrected chi connectivity index (χ4v) is 2.31. The average Bonchev–Trinajstić information content (AvgIpc) is 2.29. The molecule has 0 radical (unpaired) electrons. The second-order valence-corrected chi connectivity index (χ2v) is 6.13. The van der Waals surface area contributed by atoms with Crippen molar-refractivity contribution in [1.29, 1.82) is 0 Å². The van der Waals surface area contributed by atoms with Gasteiger partial charge >= 0.3 is 22.1 Å². The molecular formula is C10H12ClNO8S. The molecule has 1 amide bonds. The number of carbonyl (C=O) groups is 3. The van der Waals surface area contributed by atoms with E-state index >= 15 is 0 Å². The summed E-state index contributed by atoms with van der Waals surface area (Å²) in [5, 5.41) is 9.15. The molecule has 21 heavy (non-hydrogen) atoms. The molecule has 0 aromatic carbocycles. The molecule has 1 aliphatic heterocycles. The Labute approximate surface area is 125 Å². The van der Waals surface area contributed by atoms with Gasteiger partial charge in [-0.25, -0.2) is 4.79 Å². The van der Waals surface area contributed by atoms with Gasteiger partial charge in [0.15, 0.2) is 18.1 Å². The molecule has 1 atom stereocenters. The van der Waals surface area contributed by atoms with Gasteiger partial charge in [-0.15, -0.1) is 0 Å². The highest BCUT2D eigenvalue weighted by molar-refractivity contribution is 7.86. The first-order chi connectivity index (χ1) is 9.53. The van der Waals surface area contributed by atoms with Crippen LogP contribution in [-0.2, 0) is 33.4 Å². The monoisotopic (exact) mass is 341 g/mol. The maximum Gasteiger partial charge on any atom is 0.356 e. The Hall–Kier alpha value is -1.81. The number of aliphatic carboxylic acids is 1.